The quantitative estimate of drug-likeness (QED) is 0.257. The van der Waals surface area contributed by atoms with Crippen LogP contribution >= 0.6 is 11.3 Å². The number of benzene rings is 2. The van der Waals surface area contributed by atoms with Crippen molar-refractivity contribution in [2.75, 3.05) is 18.1 Å². The molecule has 0 spiro atoms. The molecule has 8 nitrogen and oxygen atoms in total. The SMILES string of the molecule is CCOC(=O)c1cnc(N)c2c(COc3cc(C(=O)NCc4ccccc4)ccc3N)csc12. The van der Waals surface area contributed by atoms with E-state index >= 15 is 0 Å². The van der Waals surface area contributed by atoms with Crippen LogP contribution in [0.2, 0.25) is 0 Å². The van der Waals surface area contributed by atoms with Gasteiger partial charge in [0.25, 0.3) is 5.91 Å². The number of nitrogens with zero attached hydrogens (tertiary/aromatic N) is 1. The minimum absolute atomic E-state index is 0.136. The number of thiophene rings is 1. The van der Waals surface area contributed by atoms with Crippen LogP contribution in [0.5, 0.6) is 5.75 Å². The van der Waals surface area contributed by atoms with Crippen LogP contribution in [0.1, 0.15) is 38.8 Å². The predicted molar refractivity (Wildman–Crippen MR) is 133 cm³/mol. The summed E-state index contributed by atoms with van der Waals surface area (Å²) in [5, 5.41) is 5.39. The third-order valence-corrected chi connectivity index (χ3v) is 6.21. The summed E-state index contributed by atoms with van der Waals surface area (Å²) in [6, 6.07) is 14.5. The molecule has 0 bridgehead atoms. The van der Waals surface area contributed by atoms with Crippen molar-refractivity contribution in [1.82, 2.24) is 10.3 Å². The highest BCUT2D eigenvalue weighted by atomic mass is 32.1. The molecule has 174 valence electrons. The number of rotatable bonds is 8. The number of anilines is 2. The fourth-order valence-corrected chi connectivity index (χ4v) is 4.49. The summed E-state index contributed by atoms with van der Waals surface area (Å²) in [6.45, 7) is 2.56. The lowest BCUT2D eigenvalue weighted by Crippen LogP contribution is -2.22. The van der Waals surface area contributed by atoms with Crippen molar-refractivity contribution in [2.24, 2.45) is 0 Å². The van der Waals surface area contributed by atoms with Gasteiger partial charge in [0.2, 0.25) is 0 Å². The van der Waals surface area contributed by atoms with Crippen molar-refractivity contribution in [3.05, 3.63) is 82.4 Å². The second-order valence-corrected chi connectivity index (χ2v) is 8.33. The van der Waals surface area contributed by atoms with E-state index in [1.165, 1.54) is 17.5 Å². The Kier molecular flexibility index (Phi) is 6.93. The number of amides is 1. The van der Waals surface area contributed by atoms with Gasteiger partial charge in [0.05, 0.1) is 22.6 Å². The van der Waals surface area contributed by atoms with Gasteiger partial charge in [0.15, 0.2) is 0 Å². The highest BCUT2D eigenvalue weighted by Crippen LogP contribution is 2.34. The highest BCUT2D eigenvalue weighted by molar-refractivity contribution is 7.17. The fraction of sp³-hybridized carbons (Fsp3) is 0.160. The molecule has 0 aliphatic heterocycles. The molecule has 2 heterocycles. The lowest BCUT2D eigenvalue weighted by atomic mass is 10.1. The van der Waals surface area contributed by atoms with E-state index in [2.05, 4.69) is 10.3 Å². The Balaban J connectivity index is 1.51. The molecule has 5 N–H and O–H groups in total. The summed E-state index contributed by atoms with van der Waals surface area (Å²) in [6.07, 6.45) is 1.42. The second-order valence-electron chi connectivity index (χ2n) is 7.45. The number of ether oxygens (including phenoxy) is 2. The van der Waals surface area contributed by atoms with Gasteiger partial charge in [-0.1, -0.05) is 30.3 Å². The van der Waals surface area contributed by atoms with Crippen LogP contribution in [-0.4, -0.2) is 23.5 Å². The normalized spacial score (nSPS) is 10.7. The lowest BCUT2D eigenvalue weighted by Gasteiger charge is -2.12. The van der Waals surface area contributed by atoms with E-state index in [0.717, 1.165) is 11.1 Å². The van der Waals surface area contributed by atoms with E-state index in [0.29, 0.717) is 45.0 Å². The summed E-state index contributed by atoms with van der Waals surface area (Å²) in [5.41, 5.74) is 15.1. The standard InChI is InChI=1S/C25H24N4O4S/c1-2-32-25(31)18-12-28-23(27)21-17(14-34-22(18)21)13-33-20-10-16(8-9-19(20)26)24(30)29-11-15-6-4-3-5-7-15/h3-10,12,14H,2,11,13,26H2,1H3,(H2,27,28)(H,29,30). The Morgan fingerprint density at radius 2 is 1.91 bits per heavy atom. The number of carbonyl (C=O) groups is 2. The van der Waals surface area contributed by atoms with Gasteiger partial charge in [-0.15, -0.1) is 11.3 Å². The van der Waals surface area contributed by atoms with E-state index in [1.54, 1.807) is 25.1 Å². The molecule has 0 fully saturated rings. The summed E-state index contributed by atoms with van der Waals surface area (Å²) in [4.78, 5) is 29.0. The first-order valence-corrected chi connectivity index (χ1v) is 11.5. The fourth-order valence-electron chi connectivity index (χ4n) is 3.43. The van der Waals surface area contributed by atoms with Crippen LogP contribution in [0.3, 0.4) is 0 Å². The average molecular weight is 477 g/mol. The molecule has 4 rings (SSSR count). The Morgan fingerprint density at radius 3 is 2.68 bits per heavy atom. The van der Waals surface area contributed by atoms with E-state index < -0.39 is 5.97 Å². The zero-order valence-corrected chi connectivity index (χ0v) is 19.4. The highest BCUT2D eigenvalue weighted by Gasteiger charge is 2.19. The molecular formula is C25H24N4O4S. The Morgan fingerprint density at radius 1 is 1.12 bits per heavy atom. The third-order valence-electron chi connectivity index (χ3n) is 5.15. The number of hydrogen-bond donors (Lipinski definition) is 3. The van der Waals surface area contributed by atoms with Crippen molar-refractivity contribution in [1.29, 1.82) is 0 Å². The van der Waals surface area contributed by atoms with Crippen LogP contribution in [0.4, 0.5) is 11.5 Å². The zero-order chi connectivity index (χ0) is 24.1. The Hall–Kier alpha value is -4.11. The van der Waals surface area contributed by atoms with Crippen LogP contribution in [0.25, 0.3) is 10.1 Å². The third kappa shape index (κ3) is 4.94. The van der Waals surface area contributed by atoms with Crippen LogP contribution < -0.4 is 21.5 Å². The number of nitrogens with two attached hydrogens (primary N) is 2. The minimum Gasteiger partial charge on any atom is -0.487 e. The topological polar surface area (TPSA) is 130 Å². The summed E-state index contributed by atoms with van der Waals surface area (Å²) in [5.74, 6) is -0.0142. The monoisotopic (exact) mass is 476 g/mol. The number of hydrogen-bond acceptors (Lipinski definition) is 8. The van der Waals surface area contributed by atoms with E-state index in [1.807, 2.05) is 35.7 Å². The summed E-state index contributed by atoms with van der Waals surface area (Å²) in [7, 11) is 0. The van der Waals surface area contributed by atoms with E-state index in [-0.39, 0.29) is 19.1 Å². The van der Waals surface area contributed by atoms with Crippen molar-refractivity contribution < 1.29 is 19.1 Å². The molecule has 0 aliphatic carbocycles. The number of nitrogen functional groups attached to an aromatic ring is 2. The second kappa shape index (κ2) is 10.2. The number of fused-ring (bicyclic) bond motifs is 1. The predicted octanol–water partition coefficient (Wildman–Crippen LogP) is 4.15. The van der Waals surface area contributed by atoms with Gasteiger partial charge in [-0.25, -0.2) is 9.78 Å². The number of carbonyl (C=O) groups excluding carboxylic acids is 2. The van der Waals surface area contributed by atoms with Gasteiger partial charge in [-0.3, -0.25) is 4.79 Å². The molecule has 2 aromatic carbocycles. The molecule has 0 saturated carbocycles. The first kappa shape index (κ1) is 23.1. The van der Waals surface area contributed by atoms with E-state index in [9.17, 15) is 9.59 Å². The van der Waals surface area contributed by atoms with E-state index in [4.69, 9.17) is 20.9 Å². The Bertz CT molecular complexity index is 1340. The number of pyridine rings is 1. The molecule has 2 aromatic heterocycles. The molecule has 34 heavy (non-hydrogen) atoms. The molecule has 0 atom stereocenters. The van der Waals surface area contributed by atoms with Crippen LogP contribution in [-0.2, 0) is 17.9 Å². The number of aromatic nitrogens is 1. The first-order chi connectivity index (χ1) is 16.5. The molecule has 0 radical (unpaired) electrons. The number of esters is 1. The average Bonchev–Trinajstić information content (AvgIpc) is 3.28. The van der Waals surface area contributed by atoms with Crippen molar-refractivity contribution in [2.45, 2.75) is 20.1 Å². The van der Waals surface area contributed by atoms with Gasteiger partial charge >= 0.3 is 5.97 Å². The van der Waals surface area contributed by atoms with Gasteiger partial charge < -0.3 is 26.3 Å². The maximum atomic E-state index is 12.6. The summed E-state index contributed by atoms with van der Waals surface area (Å²) < 4.78 is 11.7. The van der Waals surface area contributed by atoms with Gasteiger partial charge in [-0.05, 0) is 36.1 Å². The van der Waals surface area contributed by atoms with Crippen molar-refractivity contribution >= 4 is 44.8 Å². The van der Waals surface area contributed by atoms with Gasteiger partial charge in [0, 0.05) is 29.3 Å². The molecule has 9 heteroatoms. The number of nitrogens with one attached hydrogen (secondary N) is 1. The maximum Gasteiger partial charge on any atom is 0.341 e. The van der Waals surface area contributed by atoms with Crippen molar-refractivity contribution in [3.63, 3.8) is 0 Å². The lowest BCUT2D eigenvalue weighted by molar-refractivity contribution is 0.0528. The molecular weight excluding hydrogens is 452 g/mol. The smallest absolute Gasteiger partial charge is 0.341 e. The molecule has 0 unspecified atom stereocenters. The molecule has 1 amide bonds. The Labute approximate surface area is 200 Å². The van der Waals surface area contributed by atoms with Gasteiger partial charge in [-0.2, -0.15) is 0 Å². The maximum absolute atomic E-state index is 12.6. The largest absolute Gasteiger partial charge is 0.487 e. The van der Waals surface area contributed by atoms with Gasteiger partial charge in [0.1, 0.15) is 18.2 Å². The van der Waals surface area contributed by atoms with Crippen LogP contribution in [0.15, 0.2) is 60.1 Å². The van der Waals surface area contributed by atoms with Crippen molar-refractivity contribution in [3.8, 4) is 5.75 Å². The molecule has 4 aromatic rings. The van der Waals surface area contributed by atoms with Crippen LogP contribution in [0, 0.1) is 0 Å². The minimum atomic E-state index is -0.451. The summed E-state index contributed by atoms with van der Waals surface area (Å²) >= 11 is 1.36. The molecule has 0 aliphatic rings. The zero-order valence-electron chi connectivity index (χ0n) is 18.5. The molecule has 0 saturated heterocycles. The first-order valence-electron chi connectivity index (χ1n) is 10.6.